The molecule has 2 heteroatoms. The lowest BCUT2D eigenvalue weighted by molar-refractivity contribution is -0.143. The first-order chi connectivity index (χ1) is 8.84. The number of likely N-dealkylation sites (tertiary alicyclic amines) is 1. The Labute approximate surface area is 107 Å². The van der Waals surface area contributed by atoms with Gasteiger partial charge in [-0.15, -0.1) is 0 Å². The minimum absolute atomic E-state index is 0.0647. The lowest BCUT2D eigenvalue weighted by atomic mass is 9.90. The summed E-state index contributed by atoms with van der Waals surface area (Å²) in [6, 6.07) is 20.1. The normalized spacial score (nSPS) is 18.6. The van der Waals surface area contributed by atoms with E-state index in [1.807, 2.05) is 53.4 Å². The summed E-state index contributed by atoms with van der Waals surface area (Å²) in [6.07, 6.45) is 0. The molecule has 1 heterocycles. The van der Waals surface area contributed by atoms with E-state index in [0.717, 1.165) is 18.7 Å². The van der Waals surface area contributed by atoms with E-state index in [4.69, 9.17) is 0 Å². The van der Waals surface area contributed by atoms with Crippen molar-refractivity contribution in [1.29, 1.82) is 0 Å². The van der Waals surface area contributed by atoms with Gasteiger partial charge in [0.15, 0.2) is 0 Å². The monoisotopic (exact) mass is 237 g/mol. The molecule has 0 unspecified atom stereocenters. The SMILES string of the molecule is O=C1[C@@H](c2ccccc2)CN1Cc1ccccc1. The molecule has 1 amide bonds. The molecule has 1 saturated heterocycles. The molecule has 0 bridgehead atoms. The molecule has 18 heavy (non-hydrogen) atoms. The minimum Gasteiger partial charge on any atom is -0.337 e. The van der Waals surface area contributed by atoms with Gasteiger partial charge in [-0.1, -0.05) is 60.7 Å². The van der Waals surface area contributed by atoms with Gasteiger partial charge in [-0.2, -0.15) is 0 Å². The van der Waals surface area contributed by atoms with Crippen LogP contribution < -0.4 is 0 Å². The third-order valence-corrected chi connectivity index (χ3v) is 3.43. The highest BCUT2D eigenvalue weighted by Crippen LogP contribution is 2.29. The van der Waals surface area contributed by atoms with Crippen molar-refractivity contribution in [3.05, 3.63) is 71.8 Å². The van der Waals surface area contributed by atoms with E-state index >= 15 is 0 Å². The molecule has 1 aliphatic rings. The van der Waals surface area contributed by atoms with Crippen molar-refractivity contribution in [1.82, 2.24) is 4.90 Å². The van der Waals surface area contributed by atoms with Crippen molar-refractivity contribution in [2.45, 2.75) is 12.5 Å². The smallest absolute Gasteiger partial charge is 0.232 e. The van der Waals surface area contributed by atoms with Crippen LogP contribution in [0.4, 0.5) is 0 Å². The summed E-state index contributed by atoms with van der Waals surface area (Å²) in [6.45, 7) is 1.56. The second-order valence-corrected chi connectivity index (χ2v) is 4.67. The van der Waals surface area contributed by atoms with E-state index in [1.165, 1.54) is 5.56 Å². The summed E-state index contributed by atoms with van der Waals surface area (Å²) < 4.78 is 0. The van der Waals surface area contributed by atoms with Gasteiger partial charge >= 0.3 is 0 Å². The fourth-order valence-corrected chi connectivity index (χ4v) is 2.38. The van der Waals surface area contributed by atoms with Crippen LogP contribution in [0.3, 0.4) is 0 Å². The molecule has 2 aromatic rings. The molecule has 2 aromatic carbocycles. The number of carbonyl (C=O) groups is 1. The van der Waals surface area contributed by atoms with Gasteiger partial charge in [-0.25, -0.2) is 0 Å². The Morgan fingerprint density at radius 2 is 1.56 bits per heavy atom. The Kier molecular flexibility index (Phi) is 2.85. The quantitative estimate of drug-likeness (QED) is 0.752. The topological polar surface area (TPSA) is 20.3 Å². The van der Waals surface area contributed by atoms with E-state index in [2.05, 4.69) is 12.1 Å². The molecule has 0 N–H and O–H groups in total. The third-order valence-electron chi connectivity index (χ3n) is 3.43. The number of hydrogen-bond acceptors (Lipinski definition) is 1. The zero-order valence-corrected chi connectivity index (χ0v) is 10.1. The fourth-order valence-electron chi connectivity index (χ4n) is 2.38. The summed E-state index contributed by atoms with van der Waals surface area (Å²) in [5.74, 6) is 0.306. The van der Waals surface area contributed by atoms with Crippen LogP contribution in [-0.2, 0) is 11.3 Å². The lowest BCUT2D eigenvalue weighted by Crippen LogP contribution is -2.49. The first-order valence-corrected chi connectivity index (χ1v) is 6.22. The Balaban J connectivity index is 1.66. The third kappa shape index (κ3) is 2.02. The van der Waals surface area contributed by atoms with Gasteiger partial charge < -0.3 is 4.90 Å². The Bertz CT molecular complexity index is 536. The second-order valence-electron chi connectivity index (χ2n) is 4.67. The van der Waals surface area contributed by atoms with Crippen LogP contribution in [0.1, 0.15) is 17.0 Å². The van der Waals surface area contributed by atoms with Crippen LogP contribution >= 0.6 is 0 Å². The van der Waals surface area contributed by atoms with E-state index in [0.29, 0.717) is 0 Å². The van der Waals surface area contributed by atoms with E-state index in [1.54, 1.807) is 0 Å². The molecule has 0 aliphatic carbocycles. The van der Waals surface area contributed by atoms with E-state index < -0.39 is 0 Å². The van der Waals surface area contributed by atoms with Gasteiger partial charge in [0.25, 0.3) is 0 Å². The molecule has 0 radical (unpaired) electrons. The standard InChI is InChI=1S/C16H15NO/c18-16-15(14-9-5-2-6-10-14)12-17(16)11-13-7-3-1-4-8-13/h1-10,15H,11-12H2/t15-/m1/s1. The fraction of sp³-hybridized carbons (Fsp3) is 0.188. The van der Waals surface area contributed by atoms with E-state index in [-0.39, 0.29) is 11.8 Å². The van der Waals surface area contributed by atoms with Gasteiger partial charge in [0.1, 0.15) is 0 Å². The van der Waals surface area contributed by atoms with Gasteiger partial charge in [-0.05, 0) is 11.1 Å². The maximum Gasteiger partial charge on any atom is 0.232 e. The molecule has 0 saturated carbocycles. The number of nitrogens with zero attached hydrogens (tertiary/aromatic N) is 1. The number of β-lactam (4-membered cyclic amide) rings is 1. The van der Waals surface area contributed by atoms with Gasteiger partial charge in [0.05, 0.1) is 5.92 Å². The molecule has 2 nitrogen and oxygen atoms in total. The minimum atomic E-state index is 0.0647. The van der Waals surface area contributed by atoms with Crippen molar-refractivity contribution in [3.8, 4) is 0 Å². The van der Waals surface area contributed by atoms with Gasteiger partial charge in [0, 0.05) is 13.1 Å². The average Bonchev–Trinajstić information content (AvgIpc) is 2.44. The van der Waals surface area contributed by atoms with Crippen LogP contribution in [0.2, 0.25) is 0 Å². The number of benzene rings is 2. The van der Waals surface area contributed by atoms with Crippen molar-refractivity contribution in [2.24, 2.45) is 0 Å². The predicted molar refractivity (Wildman–Crippen MR) is 71.0 cm³/mol. The van der Waals surface area contributed by atoms with Crippen LogP contribution in [-0.4, -0.2) is 17.4 Å². The highest BCUT2D eigenvalue weighted by molar-refractivity contribution is 5.89. The summed E-state index contributed by atoms with van der Waals surface area (Å²) >= 11 is 0. The summed E-state index contributed by atoms with van der Waals surface area (Å²) in [4.78, 5) is 14.0. The summed E-state index contributed by atoms with van der Waals surface area (Å²) in [5.41, 5.74) is 2.32. The summed E-state index contributed by atoms with van der Waals surface area (Å²) in [5, 5.41) is 0. The van der Waals surface area contributed by atoms with Crippen molar-refractivity contribution in [3.63, 3.8) is 0 Å². The highest BCUT2D eigenvalue weighted by atomic mass is 16.2. The zero-order chi connectivity index (χ0) is 12.4. The molecule has 90 valence electrons. The predicted octanol–water partition coefficient (Wildman–Crippen LogP) is 2.81. The Morgan fingerprint density at radius 3 is 2.17 bits per heavy atom. The maximum absolute atomic E-state index is 12.1. The molecule has 1 fully saturated rings. The second kappa shape index (κ2) is 4.65. The number of amides is 1. The van der Waals surface area contributed by atoms with Crippen LogP contribution in [0.25, 0.3) is 0 Å². The molecule has 0 aromatic heterocycles. The maximum atomic E-state index is 12.1. The molecule has 1 atom stereocenters. The number of rotatable bonds is 3. The molecule has 1 aliphatic heterocycles. The van der Waals surface area contributed by atoms with Crippen LogP contribution in [0.15, 0.2) is 60.7 Å². The summed E-state index contributed by atoms with van der Waals surface area (Å²) in [7, 11) is 0. The largest absolute Gasteiger partial charge is 0.337 e. The van der Waals surface area contributed by atoms with Gasteiger partial charge in [0.2, 0.25) is 5.91 Å². The van der Waals surface area contributed by atoms with Crippen LogP contribution in [0, 0.1) is 0 Å². The zero-order valence-electron chi connectivity index (χ0n) is 10.1. The van der Waals surface area contributed by atoms with Gasteiger partial charge in [-0.3, -0.25) is 4.79 Å². The van der Waals surface area contributed by atoms with Crippen LogP contribution in [0.5, 0.6) is 0 Å². The first-order valence-electron chi connectivity index (χ1n) is 6.22. The molecular weight excluding hydrogens is 222 g/mol. The molecule has 3 rings (SSSR count). The molecule has 0 spiro atoms. The average molecular weight is 237 g/mol. The number of hydrogen-bond donors (Lipinski definition) is 0. The Hall–Kier alpha value is -2.09. The lowest BCUT2D eigenvalue weighted by Gasteiger charge is -2.38. The van der Waals surface area contributed by atoms with E-state index in [9.17, 15) is 4.79 Å². The Morgan fingerprint density at radius 1 is 0.944 bits per heavy atom. The molecular formula is C16H15NO. The first kappa shape index (κ1) is 11.0. The van der Waals surface area contributed by atoms with Crippen molar-refractivity contribution < 1.29 is 4.79 Å². The van der Waals surface area contributed by atoms with Crippen molar-refractivity contribution in [2.75, 3.05) is 6.54 Å². The highest BCUT2D eigenvalue weighted by Gasteiger charge is 2.37. The number of carbonyl (C=O) groups excluding carboxylic acids is 1. The van der Waals surface area contributed by atoms with Crippen molar-refractivity contribution >= 4 is 5.91 Å².